The van der Waals surface area contributed by atoms with Crippen molar-refractivity contribution in [1.82, 2.24) is 0 Å². The van der Waals surface area contributed by atoms with Gasteiger partial charge in [-0.05, 0) is 35.4 Å². The highest BCUT2D eigenvalue weighted by atomic mass is 19.1. The zero-order valence-electron chi connectivity index (χ0n) is 7.85. The number of alkyl halides is 2. The number of halogens is 2. The van der Waals surface area contributed by atoms with E-state index in [9.17, 15) is 18.4 Å². The molecule has 4 nitrogen and oxygen atoms in total. The Morgan fingerprint density at radius 1 is 1.06 bits per heavy atom. The van der Waals surface area contributed by atoms with E-state index in [4.69, 9.17) is 10.2 Å². The summed E-state index contributed by atoms with van der Waals surface area (Å²) in [7, 11) is 0. The third-order valence-electron chi connectivity index (χ3n) is 1.85. The van der Waals surface area contributed by atoms with Gasteiger partial charge in [0.25, 0.3) is 0 Å². The SMILES string of the molecule is O=C(O)C(F)c1c[c]cc(C(F)C(=O)O)c1. The van der Waals surface area contributed by atoms with Gasteiger partial charge in [-0.15, -0.1) is 0 Å². The van der Waals surface area contributed by atoms with E-state index in [-0.39, 0.29) is 11.1 Å². The zero-order chi connectivity index (χ0) is 12.3. The topological polar surface area (TPSA) is 74.6 Å². The Labute approximate surface area is 89.1 Å². The lowest BCUT2D eigenvalue weighted by atomic mass is 10.0. The Morgan fingerprint density at radius 3 is 1.75 bits per heavy atom. The van der Waals surface area contributed by atoms with Crippen molar-refractivity contribution in [2.45, 2.75) is 12.3 Å². The second-order valence-electron chi connectivity index (χ2n) is 3.00. The van der Waals surface area contributed by atoms with Gasteiger partial charge in [0.05, 0.1) is 0 Å². The van der Waals surface area contributed by atoms with Crippen LogP contribution in [0.1, 0.15) is 23.5 Å². The first kappa shape index (κ1) is 12.1. The van der Waals surface area contributed by atoms with Crippen molar-refractivity contribution in [3.8, 4) is 0 Å². The fourth-order valence-corrected chi connectivity index (χ4v) is 1.09. The lowest BCUT2D eigenvalue weighted by molar-refractivity contribution is -0.143. The Morgan fingerprint density at radius 2 is 1.44 bits per heavy atom. The van der Waals surface area contributed by atoms with E-state index < -0.39 is 24.3 Å². The van der Waals surface area contributed by atoms with Gasteiger partial charge in [-0.25, -0.2) is 18.4 Å². The summed E-state index contributed by atoms with van der Waals surface area (Å²) in [6, 6.07) is 5.20. The maximum Gasteiger partial charge on any atom is 0.343 e. The number of rotatable bonds is 4. The molecule has 0 aliphatic rings. The van der Waals surface area contributed by atoms with E-state index >= 15 is 0 Å². The van der Waals surface area contributed by atoms with Crippen molar-refractivity contribution in [1.29, 1.82) is 0 Å². The maximum atomic E-state index is 13.0. The summed E-state index contributed by atoms with van der Waals surface area (Å²) in [5, 5.41) is 16.8. The minimum absolute atomic E-state index is 0.339. The molecule has 85 valence electrons. The van der Waals surface area contributed by atoms with Crippen molar-refractivity contribution < 1.29 is 28.6 Å². The van der Waals surface area contributed by atoms with E-state index in [0.29, 0.717) is 0 Å². The predicted octanol–water partition coefficient (Wildman–Crippen LogP) is 1.68. The molecule has 0 fully saturated rings. The molecule has 0 aliphatic heterocycles. The monoisotopic (exact) mass is 229 g/mol. The van der Waals surface area contributed by atoms with E-state index in [1.165, 1.54) is 0 Å². The molecular formula is C10H7F2O4. The number of carboxylic acid groups (broad SMARTS) is 2. The molecule has 0 spiro atoms. The van der Waals surface area contributed by atoms with E-state index in [2.05, 4.69) is 6.07 Å². The molecule has 1 aromatic carbocycles. The van der Waals surface area contributed by atoms with E-state index in [0.717, 1.165) is 18.2 Å². The van der Waals surface area contributed by atoms with Crippen LogP contribution in [-0.2, 0) is 9.59 Å². The molecule has 0 aliphatic carbocycles. The van der Waals surface area contributed by atoms with Gasteiger partial charge in [0.1, 0.15) is 0 Å². The average molecular weight is 229 g/mol. The molecule has 0 saturated heterocycles. The third kappa shape index (κ3) is 2.53. The molecule has 1 rings (SSSR count). The first-order chi connectivity index (χ1) is 7.43. The Balaban J connectivity index is 3.04. The number of benzene rings is 1. The summed E-state index contributed by atoms with van der Waals surface area (Å²) in [5.41, 5.74) is -0.678. The summed E-state index contributed by atoms with van der Waals surface area (Å²) in [4.78, 5) is 20.6. The van der Waals surface area contributed by atoms with Gasteiger partial charge < -0.3 is 10.2 Å². The highest BCUT2D eigenvalue weighted by molar-refractivity contribution is 5.76. The minimum atomic E-state index is -2.32. The molecule has 2 N–H and O–H groups in total. The average Bonchev–Trinajstić information content (AvgIpc) is 2.26. The first-order valence-corrected chi connectivity index (χ1v) is 4.18. The van der Waals surface area contributed by atoms with Crippen LogP contribution in [-0.4, -0.2) is 22.2 Å². The van der Waals surface area contributed by atoms with Crippen LogP contribution in [0.3, 0.4) is 0 Å². The molecule has 1 aromatic rings. The lowest BCUT2D eigenvalue weighted by Gasteiger charge is -2.07. The molecule has 1 radical (unpaired) electrons. The summed E-state index contributed by atoms with van der Waals surface area (Å²) >= 11 is 0. The zero-order valence-corrected chi connectivity index (χ0v) is 7.85. The normalized spacial score (nSPS) is 14.1. The van der Waals surface area contributed by atoms with Crippen LogP contribution >= 0.6 is 0 Å². The quantitative estimate of drug-likeness (QED) is 0.823. The van der Waals surface area contributed by atoms with Crippen molar-refractivity contribution >= 4 is 11.9 Å². The number of hydrogen-bond acceptors (Lipinski definition) is 2. The molecule has 2 unspecified atom stereocenters. The predicted molar refractivity (Wildman–Crippen MR) is 48.2 cm³/mol. The fourth-order valence-electron chi connectivity index (χ4n) is 1.09. The van der Waals surface area contributed by atoms with Crippen molar-refractivity contribution in [3.63, 3.8) is 0 Å². The Bertz CT molecular complexity index is 384. The van der Waals surface area contributed by atoms with Crippen LogP contribution in [0.15, 0.2) is 18.2 Å². The minimum Gasteiger partial charge on any atom is -0.479 e. The van der Waals surface area contributed by atoms with Gasteiger partial charge in [-0.1, -0.05) is 0 Å². The molecular weight excluding hydrogens is 222 g/mol. The van der Waals surface area contributed by atoms with Gasteiger partial charge in [0.2, 0.25) is 12.3 Å². The molecule has 0 bridgehead atoms. The van der Waals surface area contributed by atoms with Crippen molar-refractivity contribution in [2.75, 3.05) is 0 Å². The Kier molecular flexibility index (Phi) is 3.55. The van der Waals surface area contributed by atoms with Crippen LogP contribution in [0.5, 0.6) is 0 Å². The second kappa shape index (κ2) is 4.69. The molecule has 6 heteroatoms. The fraction of sp³-hybridized carbons (Fsp3) is 0.200. The summed E-state index contributed by atoms with van der Waals surface area (Å²) in [5.74, 6) is -3.45. The largest absolute Gasteiger partial charge is 0.479 e. The standard InChI is InChI=1S/C10H7F2O4/c11-7(9(13)14)5-2-1-3-6(4-5)8(12)10(15)16/h2-4,7-8H,(H,13,14)(H,15,16). The van der Waals surface area contributed by atoms with Gasteiger partial charge >= 0.3 is 11.9 Å². The molecule has 2 atom stereocenters. The van der Waals surface area contributed by atoms with Gasteiger partial charge in [0.15, 0.2) is 0 Å². The Hall–Kier alpha value is -1.98. The number of hydrogen-bond donors (Lipinski definition) is 2. The van der Waals surface area contributed by atoms with Crippen LogP contribution in [0, 0.1) is 6.07 Å². The molecule has 0 saturated carbocycles. The molecule has 0 aromatic heterocycles. The third-order valence-corrected chi connectivity index (χ3v) is 1.85. The first-order valence-electron chi connectivity index (χ1n) is 4.18. The van der Waals surface area contributed by atoms with Gasteiger partial charge in [-0.2, -0.15) is 0 Å². The van der Waals surface area contributed by atoms with Crippen LogP contribution in [0.25, 0.3) is 0 Å². The van der Waals surface area contributed by atoms with Gasteiger partial charge in [-0.3, -0.25) is 0 Å². The summed E-state index contributed by atoms with van der Waals surface area (Å²) < 4.78 is 26.0. The number of carboxylic acids is 2. The van der Waals surface area contributed by atoms with Crippen molar-refractivity contribution in [2.24, 2.45) is 0 Å². The van der Waals surface area contributed by atoms with Crippen LogP contribution in [0.4, 0.5) is 8.78 Å². The summed E-state index contributed by atoms with van der Waals surface area (Å²) in [6.45, 7) is 0. The summed E-state index contributed by atoms with van der Waals surface area (Å²) in [6.07, 6.45) is -4.64. The molecule has 0 amide bonds. The molecule has 16 heavy (non-hydrogen) atoms. The van der Waals surface area contributed by atoms with Gasteiger partial charge in [0, 0.05) is 0 Å². The maximum absolute atomic E-state index is 13.0. The van der Waals surface area contributed by atoms with Crippen LogP contribution in [0.2, 0.25) is 0 Å². The number of carbonyl (C=O) groups is 2. The van der Waals surface area contributed by atoms with E-state index in [1.54, 1.807) is 0 Å². The second-order valence-corrected chi connectivity index (χ2v) is 3.00. The van der Waals surface area contributed by atoms with Crippen LogP contribution < -0.4 is 0 Å². The van der Waals surface area contributed by atoms with Crippen molar-refractivity contribution in [3.05, 3.63) is 35.4 Å². The lowest BCUT2D eigenvalue weighted by Crippen LogP contribution is -2.09. The molecule has 0 heterocycles. The number of aliphatic carboxylic acids is 2. The highest BCUT2D eigenvalue weighted by Crippen LogP contribution is 2.23. The smallest absolute Gasteiger partial charge is 0.343 e. The highest BCUT2D eigenvalue weighted by Gasteiger charge is 2.22. The van der Waals surface area contributed by atoms with E-state index in [1.807, 2.05) is 0 Å².